The minimum Gasteiger partial charge on any atom is -0.480 e. The number of carbonyl (C=O) groups is 2. The minimum absolute atomic E-state index is 0.292. The van der Waals surface area contributed by atoms with Gasteiger partial charge in [0.1, 0.15) is 5.54 Å². The summed E-state index contributed by atoms with van der Waals surface area (Å²) in [5.41, 5.74) is -0.0439. The molecule has 0 aliphatic heterocycles. The fraction of sp³-hybridized carbons (Fsp3) is 0.385. The van der Waals surface area contributed by atoms with Crippen molar-refractivity contribution >= 4 is 23.0 Å². The molecular formula is C13H15N3O4. The molecule has 0 fully saturated rings. The maximum atomic E-state index is 12.3. The number of amides is 1. The van der Waals surface area contributed by atoms with Gasteiger partial charge in [-0.05, 0) is 26.8 Å². The Bertz CT molecular complexity index is 690. The van der Waals surface area contributed by atoms with Crippen LogP contribution in [0.15, 0.2) is 16.8 Å². The summed E-state index contributed by atoms with van der Waals surface area (Å²) in [5.74, 6) is -1.50. The molecular weight excluding hydrogens is 262 g/mol. The van der Waals surface area contributed by atoms with E-state index >= 15 is 0 Å². The summed E-state index contributed by atoms with van der Waals surface area (Å²) in [7, 11) is 1.45. The third-order valence-electron chi connectivity index (χ3n) is 3.42. The molecule has 0 saturated heterocycles. The summed E-state index contributed by atoms with van der Waals surface area (Å²) in [6.07, 6.45) is 1.35. The van der Waals surface area contributed by atoms with Crippen LogP contribution in [0.5, 0.6) is 0 Å². The highest BCUT2D eigenvalue weighted by molar-refractivity contribution is 5.99. The van der Waals surface area contributed by atoms with Crippen molar-refractivity contribution in [2.75, 3.05) is 7.05 Å². The Morgan fingerprint density at radius 1 is 1.40 bits per heavy atom. The van der Waals surface area contributed by atoms with Gasteiger partial charge in [0.25, 0.3) is 11.6 Å². The molecule has 0 radical (unpaired) electrons. The molecule has 1 N–H and O–H groups in total. The third-order valence-corrected chi connectivity index (χ3v) is 3.42. The number of pyridine rings is 1. The normalized spacial score (nSPS) is 11.6. The number of rotatable bonds is 3. The quantitative estimate of drug-likeness (QED) is 0.912. The molecule has 0 aliphatic carbocycles. The van der Waals surface area contributed by atoms with Crippen LogP contribution in [0.4, 0.5) is 0 Å². The molecule has 2 aromatic rings. The van der Waals surface area contributed by atoms with Gasteiger partial charge in [-0.25, -0.2) is 9.78 Å². The number of carbonyl (C=O) groups excluding carboxylic acids is 1. The second-order valence-corrected chi connectivity index (χ2v) is 5.07. The van der Waals surface area contributed by atoms with Crippen LogP contribution in [0.1, 0.15) is 29.9 Å². The summed E-state index contributed by atoms with van der Waals surface area (Å²) in [6, 6.07) is 1.60. The summed E-state index contributed by atoms with van der Waals surface area (Å²) in [6.45, 7) is 4.67. The van der Waals surface area contributed by atoms with Gasteiger partial charge in [-0.3, -0.25) is 4.79 Å². The number of carboxylic acid groups (broad SMARTS) is 1. The van der Waals surface area contributed by atoms with Crippen molar-refractivity contribution in [3.63, 3.8) is 0 Å². The first-order valence-electron chi connectivity index (χ1n) is 5.98. The number of aliphatic carboxylic acids is 1. The average molecular weight is 277 g/mol. The second kappa shape index (κ2) is 4.59. The molecule has 0 aromatic carbocycles. The molecule has 0 spiro atoms. The van der Waals surface area contributed by atoms with Crippen molar-refractivity contribution in [2.24, 2.45) is 0 Å². The van der Waals surface area contributed by atoms with E-state index in [1.165, 1.54) is 32.0 Å². The molecule has 2 heterocycles. The van der Waals surface area contributed by atoms with Crippen LogP contribution in [-0.2, 0) is 4.79 Å². The predicted molar refractivity (Wildman–Crippen MR) is 70.3 cm³/mol. The summed E-state index contributed by atoms with van der Waals surface area (Å²) < 4.78 is 4.97. The standard InChI is InChI=1S/C13H15N3O4/c1-7-9-5-8(6-14-10(9)20-15-7)11(17)16(4)13(2,3)12(18)19/h5-6H,1-4H3,(H,18,19). The number of hydrogen-bond donors (Lipinski definition) is 1. The van der Waals surface area contributed by atoms with E-state index in [9.17, 15) is 9.59 Å². The molecule has 0 atom stereocenters. The van der Waals surface area contributed by atoms with Gasteiger partial charge in [0, 0.05) is 13.2 Å². The van der Waals surface area contributed by atoms with Gasteiger partial charge in [-0.2, -0.15) is 0 Å². The zero-order valence-corrected chi connectivity index (χ0v) is 11.7. The third kappa shape index (κ3) is 2.11. The van der Waals surface area contributed by atoms with Gasteiger partial charge in [-0.1, -0.05) is 5.16 Å². The first kappa shape index (κ1) is 14.0. The molecule has 106 valence electrons. The molecule has 20 heavy (non-hydrogen) atoms. The molecule has 7 nitrogen and oxygen atoms in total. The molecule has 2 rings (SSSR count). The SMILES string of the molecule is Cc1noc2ncc(C(=O)N(C)C(C)(C)C(=O)O)cc12. The monoisotopic (exact) mass is 277 g/mol. The number of aromatic nitrogens is 2. The molecule has 2 aromatic heterocycles. The van der Waals surface area contributed by atoms with Crippen LogP contribution in [-0.4, -0.2) is 44.6 Å². The van der Waals surface area contributed by atoms with E-state index in [0.29, 0.717) is 22.4 Å². The zero-order valence-electron chi connectivity index (χ0n) is 11.7. The van der Waals surface area contributed by atoms with Crippen molar-refractivity contribution in [1.29, 1.82) is 0 Å². The number of fused-ring (bicyclic) bond motifs is 1. The molecule has 0 saturated carbocycles. The Labute approximate surface area is 115 Å². The summed E-state index contributed by atoms with van der Waals surface area (Å²) in [4.78, 5) is 28.7. The van der Waals surface area contributed by atoms with Crippen molar-refractivity contribution in [3.8, 4) is 0 Å². The van der Waals surface area contributed by atoms with Crippen molar-refractivity contribution in [3.05, 3.63) is 23.5 Å². The van der Waals surface area contributed by atoms with E-state index in [1.54, 1.807) is 13.0 Å². The van der Waals surface area contributed by atoms with Crippen LogP contribution in [0, 0.1) is 6.92 Å². The van der Waals surface area contributed by atoms with Gasteiger partial charge in [0.2, 0.25) is 0 Å². The van der Waals surface area contributed by atoms with Gasteiger partial charge < -0.3 is 14.5 Å². The Morgan fingerprint density at radius 2 is 2.05 bits per heavy atom. The van der Waals surface area contributed by atoms with Crippen molar-refractivity contribution in [1.82, 2.24) is 15.0 Å². The van der Waals surface area contributed by atoms with Crippen LogP contribution >= 0.6 is 0 Å². The Morgan fingerprint density at radius 3 is 2.65 bits per heavy atom. The lowest BCUT2D eigenvalue weighted by molar-refractivity contribution is -0.147. The molecule has 0 aliphatic rings. The fourth-order valence-electron chi connectivity index (χ4n) is 1.65. The van der Waals surface area contributed by atoms with E-state index in [4.69, 9.17) is 9.63 Å². The maximum Gasteiger partial charge on any atom is 0.329 e. The van der Waals surface area contributed by atoms with E-state index in [-0.39, 0.29) is 0 Å². The molecule has 1 amide bonds. The Hall–Kier alpha value is -2.44. The van der Waals surface area contributed by atoms with E-state index in [1.807, 2.05) is 0 Å². The number of likely N-dealkylation sites (N-methyl/N-ethyl adjacent to an activating group) is 1. The summed E-state index contributed by atoms with van der Waals surface area (Å²) in [5, 5.41) is 13.6. The van der Waals surface area contributed by atoms with E-state index in [0.717, 1.165) is 0 Å². The second-order valence-electron chi connectivity index (χ2n) is 5.07. The van der Waals surface area contributed by atoms with Crippen LogP contribution in [0.3, 0.4) is 0 Å². The van der Waals surface area contributed by atoms with Crippen LogP contribution in [0.25, 0.3) is 11.1 Å². The summed E-state index contributed by atoms with van der Waals surface area (Å²) >= 11 is 0. The highest BCUT2D eigenvalue weighted by Gasteiger charge is 2.35. The number of aryl methyl sites for hydroxylation is 1. The number of nitrogens with zero attached hydrogens (tertiary/aromatic N) is 3. The minimum atomic E-state index is -1.31. The van der Waals surface area contributed by atoms with Crippen LogP contribution in [0.2, 0.25) is 0 Å². The first-order chi connectivity index (χ1) is 9.25. The van der Waals surface area contributed by atoms with E-state index < -0.39 is 17.4 Å². The Balaban J connectivity index is 2.40. The lowest BCUT2D eigenvalue weighted by Crippen LogP contribution is -2.50. The number of carboxylic acids is 1. The van der Waals surface area contributed by atoms with Gasteiger partial charge in [0.05, 0.1) is 16.6 Å². The molecule has 0 bridgehead atoms. The fourth-order valence-corrected chi connectivity index (χ4v) is 1.65. The number of hydrogen-bond acceptors (Lipinski definition) is 5. The largest absolute Gasteiger partial charge is 0.480 e. The molecule has 7 heteroatoms. The van der Waals surface area contributed by atoms with E-state index in [2.05, 4.69) is 10.1 Å². The Kier molecular flexibility index (Phi) is 3.21. The zero-order chi connectivity index (χ0) is 15.1. The van der Waals surface area contributed by atoms with Gasteiger partial charge in [0.15, 0.2) is 0 Å². The lowest BCUT2D eigenvalue weighted by atomic mass is 10.0. The maximum absolute atomic E-state index is 12.3. The predicted octanol–water partition coefficient (Wildman–Crippen LogP) is 1.47. The van der Waals surface area contributed by atoms with Gasteiger partial charge >= 0.3 is 5.97 Å². The van der Waals surface area contributed by atoms with Crippen LogP contribution < -0.4 is 0 Å². The first-order valence-corrected chi connectivity index (χ1v) is 5.98. The highest BCUT2D eigenvalue weighted by Crippen LogP contribution is 2.20. The van der Waals surface area contributed by atoms with Gasteiger partial charge in [-0.15, -0.1) is 0 Å². The topological polar surface area (TPSA) is 96.5 Å². The molecule has 0 unspecified atom stereocenters. The average Bonchev–Trinajstić information content (AvgIpc) is 2.78. The van der Waals surface area contributed by atoms with Crippen molar-refractivity contribution in [2.45, 2.75) is 26.3 Å². The van der Waals surface area contributed by atoms with Crippen molar-refractivity contribution < 1.29 is 19.2 Å². The lowest BCUT2D eigenvalue weighted by Gasteiger charge is -2.31. The smallest absolute Gasteiger partial charge is 0.329 e. The highest BCUT2D eigenvalue weighted by atomic mass is 16.5.